The highest BCUT2D eigenvalue weighted by Crippen LogP contribution is 2.56. The summed E-state index contributed by atoms with van der Waals surface area (Å²) in [4.78, 5) is 24.3. The molecule has 0 aliphatic carbocycles. The van der Waals surface area contributed by atoms with Crippen molar-refractivity contribution in [2.45, 2.75) is 5.60 Å². The van der Waals surface area contributed by atoms with Crippen molar-refractivity contribution in [1.29, 1.82) is 0 Å². The Kier molecular flexibility index (Phi) is 3.70. The van der Waals surface area contributed by atoms with Crippen LogP contribution < -0.4 is 4.74 Å². The lowest BCUT2D eigenvalue weighted by Gasteiger charge is -2.36. The molecule has 0 saturated carbocycles. The highest BCUT2D eigenvalue weighted by Gasteiger charge is 2.53. The molecule has 0 fully saturated rings. The van der Waals surface area contributed by atoms with E-state index in [4.69, 9.17) is 9.47 Å². The smallest absolute Gasteiger partial charge is 0.340 e. The van der Waals surface area contributed by atoms with E-state index >= 15 is 0 Å². The lowest BCUT2D eigenvalue weighted by Crippen LogP contribution is -2.33. The van der Waals surface area contributed by atoms with Crippen molar-refractivity contribution in [2.75, 3.05) is 0 Å². The van der Waals surface area contributed by atoms with E-state index in [1.54, 1.807) is 12.1 Å². The zero-order chi connectivity index (χ0) is 19.6. The maximum atomic E-state index is 12.7. The van der Waals surface area contributed by atoms with Crippen molar-refractivity contribution in [3.8, 4) is 11.5 Å². The summed E-state index contributed by atoms with van der Waals surface area (Å²) in [6.45, 7) is 0. The van der Waals surface area contributed by atoms with Crippen molar-refractivity contribution >= 4 is 43.8 Å². The molecule has 0 saturated heterocycles. The van der Waals surface area contributed by atoms with Crippen molar-refractivity contribution in [3.63, 3.8) is 0 Å². The first kappa shape index (κ1) is 17.5. The van der Waals surface area contributed by atoms with Crippen LogP contribution in [0, 0.1) is 0 Å². The van der Waals surface area contributed by atoms with E-state index in [9.17, 15) is 14.7 Å². The second-order valence-corrected chi connectivity index (χ2v) is 8.35. The third kappa shape index (κ3) is 2.29. The van der Waals surface area contributed by atoms with Gasteiger partial charge in [-0.15, -0.1) is 0 Å². The zero-order valence-corrected chi connectivity index (χ0v) is 17.2. The molecule has 1 spiro atoms. The van der Waals surface area contributed by atoms with E-state index in [2.05, 4.69) is 31.9 Å². The average Bonchev–Trinajstić information content (AvgIpc) is 2.94. The Bertz CT molecular complexity index is 1150. The fourth-order valence-corrected chi connectivity index (χ4v) is 4.48. The Balaban J connectivity index is 1.90. The molecule has 2 aliphatic rings. The van der Waals surface area contributed by atoms with Gasteiger partial charge in [-0.3, -0.25) is 0 Å². The molecule has 0 atom stereocenters. The third-order valence-corrected chi connectivity index (χ3v) is 5.96. The van der Waals surface area contributed by atoms with Crippen molar-refractivity contribution in [3.05, 3.63) is 91.4 Å². The molecule has 2 aliphatic heterocycles. The summed E-state index contributed by atoms with van der Waals surface area (Å²) in [5.41, 5.74) is 0.922. The van der Waals surface area contributed by atoms with E-state index in [-0.39, 0.29) is 5.56 Å². The van der Waals surface area contributed by atoms with Crippen LogP contribution in [0.3, 0.4) is 0 Å². The van der Waals surface area contributed by atoms with Crippen LogP contribution in [0.2, 0.25) is 0 Å². The average molecular weight is 502 g/mol. The topological polar surface area (TPSA) is 72.8 Å². The van der Waals surface area contributed by atoms with Crippen LogP contribution in [-0.2, 0) is 10.3 Å². The van der Waals surface area contributed by atoms with Crippen LogP contribution in [-0.4, -0.2) is 17.0 Å². The molecule has 0 aromatic heterocycles. The SMILES string of the molecule is O=C(O)c1ccc2c(c1)C1(OC2=O)c2ccc(Br)cc2Oc2cc(Br)ccc21. The number of carbonyl (C=O) groups excluding carboxylic acids is 1. The molecule has 5 nitrogen and oxygen atoms in total. The van der Waals surface area contributed by atoms with Gasteiger partial charge in [0, 0.05) is 25.6 Å². The Labute approximate surface area is 176 Å². The summed E-state index contributed by atoms with van der Waals surface area (Å²) in [7, 11) is 0. The van der Waals surface area contributed by atoms with Crippen LogP contribution in [0.5, 0.6) is 11.5 Å². The van der Waals surface area contributed by atoms with Gasteiger partial charge in [-0.05, 0) is 54.6 Å². The summed E-state index contributed by atoms with van der Waals surface area (Å²) in [6.07, 6.45) is 0. The first-order valence-electron chi connectivity index (χ1n) is 8.29. The van der Waals surface area contributed by atoms with Gasteiger partial charge in [0.1, 0.15) is 11.5 Å². The predicted molar refractivity (Wildman–Crippen MR) is 107 cm³/mol. The molecule has 0 unspecified atom stereocenters. The normalized spacial score (nSPS) is 15.3. The quantitative estimate of drug-likeness (QED) is 0.447. The predicted octanol–water partition coefficient (Wildman–Crippen LogP) is 5.48. The van der Waals surface area contributed by atoms with Gasteiger partial charge >= 0.3 is 11.9 Å². The first-order chi connectivity index (χ1) is 13.4. The highest BCUT2D eigenvalue weighted by molar-refractivity contribution is 9.10. The molecule has 3 aromatic rings. The minimum Gasteiger partial charge on any atom is -0.478 e. The fraction of sp³-hybridized carbons (Fsp3) is 0.0476. The van der Waals surface area contributed by atoms with Crippen LogP contribution in [0.4, 0.5) is 0 Å². The first-order valence-corrected chi connectivity index (χ1v) is 9.88. The molecule has 2 heterocycles. The van der Waals surface area contributed by atoms with Crippen molar-refractivity contribution in [1.82, 2.24) is 0 Å². The molecule has 138 valence electrons. The number of aromatic carboxylic acids is 1. The number of ether oxygens (including phenoxy) is 2. The molecule has 3 aromatic carbocycles. The molecule has 0 amide bonds. The van der Waals surface area contributed by atoms with Gasteiger partial charge in [0.25, 0.3) is 0 Å². The van der Waals surface area contributed by atoms with Gasteiger partial charge in [0.05, 0.1) is 11.1 Å². The Morgan fingerprint density at radius 3 is 2.04 bits per heavy atom. The summed E-state index contributed by atoms with van der Waals surface area (Å²) in [6, 6.07) is 15.3. The number of rotatable bonds is 1. The maximum Gasteiger partial charge on any atom is 0.340 e. The van der Waals surface area contributed by atoms with Crippen molar-refractivity contribution in [2.24, 2.45) is 0 Å². The second kappa shape index (κ2) is 5.93. The number of carboxylic acids is 1. The largest absolute Gasteiger partial charge is 0.478 e. The number of carbonyl (C=O) groups is 2. The number of hydrogen-bond acceptors (Lipinski definition) is 4. The number of carboxylic acid groups (broad SMARTS) is 1. The molecule has 1 N–H and O–H groups in total. The summed E-state index contributed by atoms with van der Waals surface area (Å²) < 4.78 is 13.7. The monoisotopic (exact) mass is 500 g/mol. The fourth-order valence-electron chi connectivity index (χ4n) is 3.80. The van der Waals surface area contributed by atoms with Gasteiger partial charge in [0.2, 0.25) is 0 Å². The molecule has 0 radical (unpaired) electrons. The van der Waals surface area contributed by atoms with Crippen molar-refractivity contribution < 1.29 is 24.2 Å². The Morgan fingerprint density at radius 1 is 0.857 bits per heavy atom. The Morgan fingerprint density at radius 2 is 1.46 bits per heavy atom. The maximum absolute atomic E-state index is 12.7. The second-order valence-electron chi connectivity index (χ2n) is 6.52. The summed E-state index contributed by atoms with van der Waals surface area (Å²) >= 11 is 6.88. The minimum absolute atomic E-state index is 0.0836. The van der Waals surface area contributed by atoms with Crippen LogP contribution in [0.15, 0.2) is 63.5 Å². The van der Waals surface area contributed by atoms with Gasteiger partial charge < -0.3 is 14.6 Å². The summed E-state index contributed by atoms with van der Waals surface area (Å²) in [5, 5.41) is 9.47. The lowest BCUT2D eigenvalue weighted by molar-refractivity contribution is 0.0224. The Hall–Kier alpha value is -2.64. The van der Waals surface area contributed by atoms with E-state index in [1.165, 1.54) is 18.2 Å². The number of hydrogen-bond donors (Lipinski definition) is 1. The molecule has 7 heteroatoms. The van der Waals surface area contributed by atoms with Crippen LogP contribution in [0.1, 0.15) is 37.4 Å². The van der Waals surface area contributed by atoms with Gasteiger partial charge in [-0.1, -0.05) is 31.9 Å². The lowest BCUT2D eigenvalue weighted by atomic mass is 9.77. The minimum atomic E-state index is -1.28. The van der Waals surface area contributed by atoms with Gasteiger partial charge in [-0.25, -0.2) is 9.59 Å². The van der Waals surface area contributed by atoms with Crippen LogP contribution in [0.25, 0.3) is 0 Å². The van der Waals surface area contributed by atoms with Gasteiger partial charge in [0.15, 0.2) is 5.60 Å². The molecule has 5 rings (SSSR count). The molecule has 0 bridgehead atoms. The molecule has 28 heavy (non-hydrogen) atoms. The third-order valence-electron chi connectivity index (χ3n) is 4.98. The zero-order valence-electron chi connectivity index (χ0n) is 14.0. The number of fused-ring (bicyclic) bond motifs is 6. The van der Waals surface area contributed by atoms with E-state index in [0.717, 1.165) is 8.95 Å². The van der Waals surface area contributed by atoms with E-state index in [1.807, 2.05) is 24.3 Å². The van der Waals surface area contributed by atoms with E-state index < -0.39 is 17.5 Å². The number of halogens is 2. The molecular weight excluding hydrogens is 492 g/mol. The standard InChI is InChI=1S/C21H10Br2O5/c22-11-2-5-14-17(8-11)27-18-9-12(23)3-6-15(18)21(14)16-7-10(19(24)25)1-4-13(16)20(26)28-21/h1-9H,(H,24,25). The summed E-state index contributed by atoms with van der Waals surface area (Å²) in [5.74, 6) is -0.518. The molecular formula is C21H10Br2O5. The van der Waals surface area contributed by atoms with Gasteiger partial charge in [-0.2, -0.15) is 0 Å². The number of esters is 1. The van der Waals surface area contributed by atoms with E-state index in [0.29, 0.717) is 33.8 Å². The highest BCUT2D eigenvalue weighted by atomic mass is 79.9. The number of benzene rings is 3. The van der Waals surface area contributed by atoms with Crippen LogP contribution >= 0.6 is 31.9 Å².